The van der Waals surface area contributed by atoms with Gasteiger partial charge in [0.25, 0.3) is 0 Å². The Morgan fingerprint density at radius 3 is 1.86 bits per heavy atom. The Labute approximate surface area is 204 Å². The van der Waals surface area contributed by atoms with Gasteiger partial charge in [-0.2, -0.15) is 0 Å². The Kier molecular flexibility index (Phi) is 5.32. The molecule has 0 atom stereocenters. The Balaban J connectivity index is 1.75. The molecule has 0 saturated carbocycles. The molecule has 6 rings (SSSR count). The first-order valence-electron chi connectivity index (χ1n) is 11.7. The number of nitrogens with zero attached hydrogens (tertiary/aromatic N) is 1. The van der Waals surface area contributed by atoms with E-state index in [9.17, 15) is 5.11 Å². The van der Waals surface area contributed by atoms with Crippen LogP contribution in [0.4, 0.5) is 17.1 Å². The van der Waals surface area contributed by atoms with Gasteiger partial charge >= 0.3 is 0 Å². The highest BCUT2D eigenvalue weighted by Gasteiger charge is 2.22. The standard InChI is InChI=1S/C32H25NO2/c1-35-32-29-15-6-4-13-27(29)31(28-14-5-7-16-30(28)32)33(25-12-8-9-22(19-25)21-34)26-18-17-23-10-2-3-11-24(23)20-26/h2-20,34H,21H2,1H3. The third-order valence-electron chi connectivity index (χ3n) is 6.62. The number of methoxy groups -OCH3 is 1. The fourth-order valence-electron chi connectivity index (χ4n) is 5.04. The normalized spacial score (nSPS) is 11.3. The van der Waals surface area contributed by atoms with Crippen LogP contribution in [0.3, 0.4) is 0 Å². The number of rotatable bonds is 5. The van der Waals surface area contributed by atoms with Gasteiger partial charge in [-0.05, 0) is 40.6 Å². The minimum Gasteiger partial charge on any atom is -0.495 e. The minimum atomic E-state index is -0.0104. The number of aliphatic hydroxyl groups is 1. The van der Waals surface area contributed by atoms with Crippen molar-refractivity contribution in [3.8, 4) is 5.75 Å². The van der Waals surface area contributed by atoms with Crippen LogP contribution in [0.15, 0.2) is 115 Å². The highest BCUT2D eigenvalue weighted by Crippen LogP contribution is 2.48. The van der Waals surface area contributed by atoms with Gasteiger partial charge in [-0.15, -0.1) is 0 Å². The number of ether oxygens (including phenoxy) is 1. The zero-order valence-electron chi connectivity index (χ0n) is 19.5. The molecule has 0 aliphatic rings. The van der Waals surface area contributed by atoms with Crippen LogP contribution >= 0.6 is 0 Å². The smallest absolute Gasteiger partial charge is 0.134 e. The highest BCUT2D eigenvalue weighted by molar-refractivity contribution is 6.18. The van der Waals surface area contributed by atoms with Crippen LogP contribution in [0.2, 0.25) is 0 Å². The summed E-state index contributed by atoms with van der Waals surface area (Å²) in [5, 5.41) is 16.6. The summed E-state index contributed by atoms with van der Waals surface area (Å²) < 4.78 is 5.93. The monoisotopic (exact) mass is 455 g/mol. The van der Waals surface area contributed by atoms with Crippen molar-refractivity contribution in [1.29, 1.82) is 0 Å². The van der Waals surface area contributed by atoms with Crippen molar-refractivity contribution in [2.75, 3.05) is 12.0 Å². The van der Waals surface area contributed by atoms with Crippen LogP contribution < -0.4 is 9.64 Å². The summed E-state index contributed by atoms with van der Waals surface area (Å²) in [5.41, 5.74) is 4.00. The molecule has 3 heteroatoms. The van der Waals surface area contributed by atoms with Crippen LogP contribution in [0, 0.1) is 0 Å². The molecule has 0 heterocycles. The number of hydrogen-bond donors (Lipinski definition) is 1. The van der Waals surface area contributed by atoms with Gasteiger partial charge in [0, 0.05) is 32.9 Å². The molecule has 0 saturated heterocycles. The third kappa shape index (κ3) is 3.58. The summed E-state index contributed by atoms with van der Waals surface area (Å²) in [7, 11) is 1.74. The first-order chi connectivity index (χ1) is 17.3. The van der Waals surface area contributed by atoms with Gasteiger partial charge in [0.2, 0.25) is 0 Å². The summed E-state index contributed by atoms with van der Waals surface area (Å²) in [5.74, 6) is 0.877. The number of fused-ring (bicyclic) bond motifs is 3. The highest BCUT2D eigenvalue weighted by atomic mass is 16.5. The number of anilines is 3. The summed E-state index contributed by atoms with van der Waals surface area (Å²) in [4.78, 5) is 2.30. The molecule has 3 nitrogen and oxygen atoms in total. The van der Waals surface area contributed by atoms with E-state index in [-0.39, 0.29) is 6.61 Å². The van der Waals surface area contributed by atoms with Crippen LogP contribution in [0.25, 0.3) is 32.3 Å². The lowest BCUT2D eigenvalue weighted by Crippen LogP contribution is -2.12. The van der Waals surface area contributed by atoms with Gasteiger partial charge in [0.1, 0.15) is 5.75 Å². The van der Waals surface area contributed by atoms with Crippen molar-refractivity contribution in [1.82, 2.24) is 0 Å². The molecule has 1 N–H and O–H groups in total. The quantitative estimate of drug-likeness (QED) is 0.266. The average molecular weight is 456 g/mol. The molecule has 0 aromatic heterocycles. The van der Waals surface area contributed by atoms with E-state index in [0.717, 1.165) is 49.9 Å². The van der Waals surface area contributed by atoms with E-state index in [1.807, 2.05) is 12.1 Å². The first-order valence-corrected chi connectivity index (χ1v) is 11.7. The predicted octanol–water partition coefficient (Wildman–Crippen LogP) is 8.12. The van der Waals surface area contributed by atoms with Crippen molar-refractivity contribution in [2.45, 2.75) is 6.61 Å². The van der Waals surface area contributed by atoms with Crippen molar-refractivity contribution in [3.05, 3.63) is 121 Å². The number of benzene rings is 6. The van der Waals surface area contributed by atoms with Crippen molar-refractivity contribution >= 4 is 49.4 Å². The molecular formula is C32H25NO2. The fourth-order valence-corrected chi connectivity index (χ4v) is 5.04. The number of aliphatic hydroxyl groups excluding tert-OH is 1. The second-order valence-corrected chi connectivity index (χ2v) is 8.67. The lowest BCUT2D eigenvalue weighted by Gasteiger charge is -2.29. The molecule has 0 fully saturated rings. The molecule has 0 unspecified atom stereocenters. The lowest BCUT2D eigenvalue weighted by atomic mass is 9.97. The largest absolute Gasteiger partial charge is 0.495 e. The maximum Gasteiger partial charge on any atom is 0.134 e. The van der Waals surface area contributed by atoms with E-state index >= 15 is 0 Å². The molecule has 170 valence electrons. The van der Waals surface area contributed by atoms with Crippen molar-refractivity contribution in [2.24, 2.45) is 0 Å². The van der Waals surface area contributed by atoms with Gasteiger partial charge in [-0.1, -0.05) is 91.0 Å². The van der Waals surface area contributed by atoms with Gasteiger partial charge in [-0.3, -0.25) is 0 Å². The number of hydrogen-bond acceptors (Lipinski definition) is 3. The molecule has 0 aliphatic carbocycles. The average Bonchev–Trinajstić information content (AvgIpc) is 2.93. The van der Waals surface area contributed by atoms with E-state index in [1.165, 1.54) is 10.8 Å². The van der Waals surface area contributed by atoms with Crippen molar-refractivity contribution < 1.29 is 9.84 Å². The van der Waals surface area contributed by atoms with Crippen LogP contribution in [-0.2, 0) is 6.61 Å². The van der Waals surface area contributed by atoms with E-state index in [2.05, 4.69) is 108 Å². The molecule has 0 bridgehead atoms. The minimum absolute atomic E-state index is 0.0104. The molecule has 0 radical (unpaired) electrons. The summed E-state index contributed by atoms with van der Waals surface area (Å²) >= 11 is 0. The zero-order valence-corrected chi connectivity index (χ0v) is 19.5. The first kappa shape index (κ1) is 21.2. The maximum absolute atomic E-state index is 9.90. The molecule has 0 spiro atoms. The van der Waals surface area contributed by atoms with E-state index in [4.69, 9.17) is 4.74 Å². The molecule has 0 amide bonds. The second-order valence-electron chi connectivity index (χ2n) is 8.67. The Bertz CT molecular complexity index is 1630. The Morgan fingerprint density at radius 2 is 1.20 bits per heavy atom. The Hall–Kier alpha value is -4.34. The van der Waals surface area contributed by atoms with Crippen LogP contribution in [0.5, 0.6) is 5.75 Å². The summed E-state index contributed by atoms with van der Waals surface area (Å²) in [6.07, 6.45) is 0. The van der Waals surface area contributed by atoms with Gasteiger partial charge in [-0.25, -0.2) is 0 Å². The second kappa shape index (κ2) is 8.79. The maximum atomic E-state index is 9.90. The molecule has 6 aromatic rings. The molecule has 6 aromatic carbocycles. The van der Waals surface area contributed by atoms with Gasteiger partial charge < -0.3 is 14.7 Å². The Morgan fingerprint density at radius 1 is 0.600 bits per heavy atom. The van der Waals surface area contributed by atoms with Crippen LogP contribution in [-0.4, -0.2) is 12.2 Å². The summed E-state index contributed by atoms with van der Waals surface area (Å²) in [6, 6.07) is 39.9. The van der Waals surface area contributed by atoms with Crippen molar-refractivity contribution in [3.63, 3.8) is 0 Å². The van der Waals surface area contributed by atoms with E-state index in [1.54, 1.807) is 7.11 Å². The topological polar surface area (TPSA) is 32.7 Å². The summed E-state index contributed by atoms with van der Waals surface area (Å²) in [6.45, 7) is -0.0104. The van der Waals surface area contributed by atoms with E-state index < -0.39 is 0 Å². The zero-order chi connectivity index (χ0) is 23.8. The molecule has 35 heavy (non-hydrogen) atoms. The van der Waals surface area contributed by atoms with Gasteiger partial charge in [0.15, 0.2) is 0 Å². The fraction of sp³-hybridized carbons (Fsp3) is 0.0625. The third-order valence-corrected chi connectivity index (χ3v) is 6.62. The predicted molar refractivity (Wildman–Crippen MR) is 146 cm³/mol. The van der Waals surface area contributed by atoms with Gasteiger partial charge in [0.05, 0.1) is 19.4 Å². The lowest BCUT2D eigenvalue weighted by molar-refractivity contribution is 0.282. The van der Waals surface area contributed by atoms with E-state index in [0.29, 0.717) is 0 Å². The molecular weight excluding hydrogens is 430 g/mol. The SMILES string of the molecule is COc1c2ccccc2c(N(c2cccc(CO)c2)c2ccc3ccccc3c2)c2ccccc12. The molecule has 0 aliphatic heterocycles. The van der Waals surface area contributed by atoms with Crippen LogP contribution in [0.1, 0.15) is 5.56 Å².